The van der Waals surface area contributed by atoms with Crippen molar-refractivity contribution in [3.05, 3.63) is 29.3 Å². The van der Waals surface area contributed by atoms with Crippen LogP contribution in [0, 0.1) is 5.92 Å². The van der Waals surface area contributed by atoms with Gasteiger partial charge in [0.25, 0.3) is 0 Å². The predicted molar refractivity (Wildman–Crippen MR) is 119 cm³/mol. The summed E-state index contributed by atoms with van der Waals surface area (Å²) in [4.78, 5) is 9.16. The van der Waals surface area contributed by atoms with Crippen molar-refractivity contribution in [3.63, 3.8) is 0 Å². The molecule has 5 nitrogen and oxygen atoms in total. The number of nitrogens with zero attached hydrogens (tertiary/aromatic N) is 3. The summed E-state index contributed by atoms with van der Waals surface area (Å²) in [5.74, 6) is 2.51. The first-order valence-corrected chi connectivity index (χ1v) is 9.57. The first kappa shape index (κ1) is 21.6. The molecule has 0 bridgehead atoms. The number of halogens is 2. The van der Waals surface area contributed by atoms with Crippen molar-refractivity contribution in [2.24, 2.45) is 10.9 Å². The fourth-order valence-corrected chi connectivity index (χ4v) is 3.48. The molecular formula is C19H30ClIN4O. The molecule has 146 valence electrons. The van der Waals surface area contributed by atoms with Gasteiger partial charge in [-0.25, -0.2) is 0 Å². The van der Waals surface area contributed by atoms with Crippen molar-refractivity contribution in [3.8, 4) is 5.75 Å². The van der Waals surface area contributed by atoms with Crippen LogP contribution in [0.15, 0.2) is 29.3 Å². The van der Waals surface area contributed by atoms with Crippen LogP contribution in [0.25, 0.3) is 0 Å². The zero-order valence-electron chi connectivity index (χ0n) is 15.7. The van der Waals surface area contributed by atoms with E-state index in [4.69, 9.17) is 16.3 Å². The minimum absolute atomic E-state index is 0. The van der Waals surface area contributed by atoms with Gasteiger partial charge in [-0.05, 0) is 56.0 Å². The van der Waals surface area contributed by atoms with Crippen molar-refractivity contribution in [2.75, 3.05) is 46.9 Å². The van der Waals surface area contributed by atoms with Crippen LogP contribution in [0.1, 0.15) is 19.3 Å². The van der Waals surface area contributed by atoms with E-state index in [0.29, 0.717) is 6.61 Å². The second kappa shape index (κ2) is 10.6. The molecule has 1 aliphatic heterocycles. The highest BCUT2D eigenvalue weighted by Crippen LogP contribution is 2.31. The number of benzene rings is 1. The van der Waals surface area contributed by atoms with Gasteiger partial charge in [0.1, 0.15) is 12.4 Å². The number of hydrogen-bond donors (Lipinski definition) is 1. The molecule has 1 aliphatic carbocycles. The smallest absolute Gasteiger partial charge is 0.193 e. The third-order valence-electron chi connectivity index (χ3n) is 5.01. The van der Waals surface area contributed by atoms with Gasteiger partial charge in [0, 0.05) is 38.2 Å². The van der Waals surface area contributed by atoms with Crippen LogP contribution in [0.4, 0.5) is 0 Å². The van der Waals surface area contributed by atoms with Crippen LogP contribution < -0.4 is 10.1 Å². The molecule has 1 heterocycles. The standard InChI is InChI=1S/C19H29ClN4O.HI/c1-21-19(22-13-15-9-10-24(14-15)17-5-6-17)23(2)11-12-25-18-7-3-16(20)4-8-18;/h3-4,7-8,15,17H,5-6,9-14H2,1-2H3,(H,21,22);1H. The molecule has 1 unspecified atom stereocenters. The molecule has 2 fully saturated rings. The molecule has 0 amide bonds. The Morgan fingerprint density at radius 2 is 2.04 bits per heavy atom. The lowest BCUT2D eigenvalue weighted by Crippen LogP contribution is -2.43. The number of rotatable bonds is 7. The summed E-state index contributed by atoms with van der Waals surface area (Å²) in [6.07, 6.45) is 4.10. The second-order valence-corrected chi connectivity index (χ2v) is 7.47. The molecule has 1 saturated carbocycles. The molecule has 2 aliphatic rings. The molecule has 1 aromatic rings. The van der Waals surface area contributed by atoms with Gasteiger partial charge in [-0.1, -0.05) is 11.6 Å². The zero-order chi connectivity index (χ0) is 17.6. The Hall–Kier alpha value is -0.730. The van der Waals surface area contributed by atoms with E-state index in [9.17, 15) is 0 Å². The number of hydrogen-bond acceptors (Lipinski definition) is 3. The van der Waals surface area contributed by atoms with Gasteiger partial charge in [-0.15, -0.1) is 24.0 Å². The quantitative estimate of drug-likeness (QED) is 0.360. The number of nitrogens with one attached hydrogen (secondary N) is 1. The molecule has 26 heavy (non-hydrogen) atoms. The average Bonchev–Trinajstić information content (AvgIpc) is 3.36. The predicted octanol–water partition coefficient (Wildman–Crippen LogP) is 3.33. The molecule has 1 atom stereocenters. The van der Waals surface area contributed by atoms with Gasteiger partial charge < -0.3 is 19.9 Å². The van der Waals surface area contributed by atoms with Gasteiger partial charge in [0.2, 0.25) is 0 Å². The highest BCUT2D eigenvalue weighted by atomic mass is 127. The molecule has 1 aromatic carbocycles. The summed E-state index contributed by atoms with van der Waals surface area (Å²) in [5.41, 5.74) is 0. The van der Waals surface area contributed by atoms with E-state index < -0.39 is 0 Å². The van der Waals surface area contributed by atoms with E-state index in [0.717, 1.165) is 41.8 Å². The maximum Gasteiger partial charge on any atom is 0.193 e. The van der Waals surface area contributed by atoms with Crippen LogP contribution >= 0.6 is 35.6 Å². The molecule has 1 N–H and O–H groups in total. The Bertz CT molecular complexity index is 579. The summed E-state index contributed by atoms with van der Waals surface area (Å²) >= 11 is 5.88. The number of guanidine groups is 1. The lowest BCUT2D eigenvalue weighted by molar-refractivity contribution is 0.280. The van der Waals surface area contributed by atoms with E-state index in [-0.39, 0.29) is 24.0 Å². The van der Waals surface area contributed by atoms with Crippen molar-refractivity contribution < 1.29 is 4.74 Å². The van der Waals surface area contributed by atoms with Gasteiger partial charge in [0.15, 0.2) is 5.96 Å². The van der Waals surface area contributed by atoms with Crippen molar-refractivity contribution in [1.82, 2.24) is 15.1 Å². The van der Waals surface area contributed by atoms with Gasteiger partial charge in [-0.2, -0.15) is 0 Å². The number of ether oxygens (including phenoxy) is 1. The lowest BCUT2D eigenvalue weighted by Gasteiger charge is -2.23. The fourth-order valence-electron chi connectivity index (χ4n) is 3.36. The lowest BCUT2D eigenvalue weighted by atomic mass is 10.1. The third-order valence-corrected chi connectivity index (χ3v) is 5.26. The maximum atomic E-state index is 5.88. The van der Waals surface area contributed by atoms with Crippen molar-refractivity contribution >= 4 is 41.5 Å². The monoisotopic (exact) mass is 492 g/mol. The Balaban J connectivity index is 0.00000243. The van der Waals surface area contributed by atoms with Crippen LogP contribution in [0.2, 0.25) is 5.02 Å². The molecule has 0 aromatic heterocycles. The Labute approximate surface area is 179 Å². The SMILES string of the molecule is CN=C(NCC1CCN(C2CC2)C1)N(C)CCOc1ccc(Cl)cc1.I. The third kappa shape index (κ3) is 6.46. The van der Waals surface area contributed by atoms with Crippen LogP contribution in [-0.4, -0.2) is 68.7 Å². The normalized spacial score (nSPS) is 20.6. The summed E-state index contributed by atoms with van der Waals surface area (Å²) in [7, 11) is 3.88. The van der Waals surface area contributed by atoms with E-state index in [2.05, 4.69) is 20.1 Å². The van der Waals surface area contributed by atoms with E-state index in [1.807, 2.05) is 38.4 Å². The Kier molecular flexibility index (Phi) is 8.76. The molecule has 0 spiro atoms. The maximum absolute atomic E-state index is 5.88. The first-order chi connectivity index (χ1) is 12.2. The van der Waals surface area contributed by atoms with E-state index >= 15 is 0 Å². The highest BCUT2D eigenvalue weighted by molar-refractivity contribution is 14.0. The zero-order valence-corrected chi connectivity index (χ0v) is 18.7. The van der Waals surface area contributed by atoms with Crippen LogP contribution in [0.5, 0.6) is 5.75 Å². The largest absolute Gasteiger partial charge is 0.492 e. The molecule has 7 heteroatoms. The fraction of sp³-hybridized carbons (Fsp3) is 0.632. The van der Waals surface area contributed by atoms with Gasteiger partial charge in [0.05, 0.1) is 6.54 Å². The molecule has 3 rings (SSSR count). The second-order valence-electron chi connectivity index (χ2n) is 7.03. The van der Waals surface area contributed by atoms with Crippen LogP contribution in [-0.2, 0) is 0 Å². The summed E-state index contributed by atoms with van der Waals surface area (Å²) in [5, 5.41) is 4.25. The molecule has 0 radical (unpaired) electrons. The highest BCUT2D eigenvalue weighted by Gasteiger charge is 2.34. The van der Waals surface area contributed by atoms with Gasteiger partial charge >= 0.3 is 0 Å². The summed E-state index contributed by atoms with van der Waals surface area (Å²) in [6, 6.07) is 8.35. The van der Waals surface area contributed by atoms with Crippen LogP contribution in [0.3, 0.4) is 0 Å². The number of aliphatic imine (C=N–C) groups is 1. The Morgan fingerprint density at radius 3 is 2.69 bits per heavy atom. The summed E-state index contributed by atoms with van der Waals surface area (Å²) < 4.78 is 5.76. The minimum atomic E-state index is 0. The summed E-state index contributed by atoms with van der Waals surface area (Å²) in [6.45, 7) is 4.88. The first-order valence-electron chi connectivity index (χ1n) is 9.20. The average molecular weight is 493 g/mol. The Morgan fingerprint density at radius 1 is 1.31 bits per heavy atom. The molecular weight excluding hydrogens is 463 g/mol. The minimum Gasteiger partial charge on any atom is -0.492 e. The van der Waals surface area contributed by atoms with Gasteiger partial charge in [-0.3, -0.25) is 4.99 Å². The number of likely N-dealkylation sites (tertiary alicyclic amines) is 1. The van der Waals surface area contributed by atoms with Crippen molar-refractivity contribution in [1.29, 1.82) is 0 Å². The van der Waals surface area contributed by atoms with Crippen molar-refractivity contribution in [2.45, 2.75) is 25.3 Å². The topological polar surface area (TPSA) is 40.1 Å². The number of likely N-dealkylation sites (N-methyl/N-ethyl adjacent to an activating group) is 1. The van der Waals surface area contributed by atoms with E-state index in [1.54, 1.807) is 0 Å². The van der Waals surface area contributed by atoms with E-state index in [1.165, 1.54) is 32.4 Å². The molecule has 1 saturated heterocycles.